The molecule has 0 saturated heterocycles. The average molecular weight is 419 g/mol. The van der Waals surface area contributed by atoms with E-state index in [4.69, 9.17) is 39.2 Å². The number of pyridine rings is 1. The zero-order valence-corrected chi connectivity index (χ0v) is 15.8. The van der Waals surface area contributed by atoms with E-state index >= 15 is 0 Å². The standard InChI is InChI=1S/C19H10Cl3N3O2/c20-11-4-5-12(14(22)9-11)18(26)24-15-8-10(3-6-13(15)21)19-25-17-16(27-19)2-1-7-23-17/h1-9H,(H,24,26). The molecule has 2 aromatic heterocycles. The summed E-state index contributed by atoms with van der Waals surface area (Å²) in [7, 11) is 0. The summed E-state index contributed by atoms with van der Waals surface area (Å²) in [6.45, 7) is 0. The van der Waals surface area contributed by atoms with E-state index < -0.39 is 5.91 Å². The van der Waals surface area contributed by atoms with E-state index in [0.717, 1.165) is 0 Å². The van der Waals surface area contributed by atoms with Crippen molar-refractivity contribution in [1.82, 2.24) is 9.97 Å². The molecule has 8 heteroatoms. The molecule has 0 unspecified atom stereocenters. The van der Waals surface area contributed by atoms with Crippen LogP contribution < -0.4 is 5.32 Å². The van der Waals surface area contributed by atoms with Gasteiger partial charge in [0.15, 0.2) is 11.2 Å². The number of anilines is 1. The van der Waals surface area contributed by atoms with Crippen LogP contribution in [0, 0.1) is 0 Å². The lowest BCUT2D eigenvalue weighted by molar-refractivity contribution is 0.102. The second kappa shape index (κ2) is 7.19. The van der Waals surface area contributed by atoms with Crippen LogP contribution >= 0.6 is 34.8 Å². The van der Waals surface area contributed by atoms with Crippen molar-refractivity contribution in [1.29, 1.82) is 0 Å². The van der Waals surface area contributed by atoms with Crippen LogP contribution in [0.5, 0.6) is 0 Å². The minimum Gasteiger partial charge on any atom is -0.434 e. The Bertz CT molecular complexity index is 1140. The molecule has 0 spiro atoms. The normalized spacial score (nSPS) is 10.9. The third-order valence-corrected chi connectivity index (χ3v) is 4.68. The summed E-state index contributed by atoms with van der Waals surface area (Å²) < 4.78 is 5.71. The molecule has 0 aliphatic carbocycles. The molecule has 27 heavy (non-hydrogen) atoms. The maximum Gasteiger partial charge on any atom is 0.257 e. The van der Waals surface area contributed by atoms with Crippen LogP contribution in [-0.4, -0.2) is 15.9 Å². The first-order valence-electron chi connectivity index (χ1n) is 7.79. The molecular weight excluding hydrogens is 409 g/mol. The third kappa shape index (κ3) is 3.62. The summed E-state index contributed by atoms with van der Waals surface area (Å²) >= 11 is 18.2. The minimum absolute atomic E-state index is 0.248. The van der Waals surface area contributed by atoms with Gasteiger partial charge in [-0.2, -0.15) is 4.98 Å². The number of halogens is 3. The van der Waals surface area contributed by atoms with Gasteiger partial charge >= 0.3 is 0 Å². The molecule has 0 bridgehead atoms. The first kappa shape index (κ1) is 17.8. The van der Waals surface area contributed by atoms with Gasteiger partial charge in [0.05, 0.1) is 21.3 Å². The number of carbonyl (C=O) groups excluding carboxylic acids is 1. The number of aromatic nitrogens is 2. The van der Waals surface area contributed by atoms with Crippen molar-refractivity contribution in [2.75, 3.05) is 5.32 Å². The summed E-state index contributed by atoms with van der Waals surface area (Å²) in [4.78, 5) is 21.0. The number of carbonyl (C=O) groups is 1. The number of amides is 1. The van der Waals surface area contributed by atoms with Crippen molar-refractivity contribution < 1.29 is 9.21 Å². The monoisotopic (exact) mass is 417 g/mol. The van der Waals surface area contributed by atoms with E-state index in [2.05, 4.69) is 15.3 Å². The van der Waals surface area contributed by atoms with Gasteiger partial charge in [-0.05, 0) is 48.5 Å². The summed E-state index contributed by atoms with van der Waals surface area (Å²) in [5, 5.41) is 3.81. The molecule has 134 valence electrons. The summed E-state index contributed by atoms with van der Waals surface area (Å²) in [6, 6.07) is 13.3. The van der Waals surface area contributed by atoms with Gasteiger partial charge in [0.25, 0.3) is 5.91 Å². The highest BCUT2D eigenvalue weighted by molar-refractivity contribution is 6.37. The number of nitrogens with zero attached hydrogens (tertiary/aromatic N) is 2. The molecule has 0 aliphatic rings. The van der Waals surface area contributed by atoms with Gasteiger partial charge in [-0.25, -0.2) is 4.98 Å². The molecule has 4 rings (SSSR count). The second-order valence-corrected chi connectivity index (χ2v) is 6.87. The molecule has 1 amide bonds. The van der Waals surface area contributed by atoms with Gasteiger partial charge in [-0.1, -0.05) is 34.8 Å². The van der Waals surface area contributed by atoms with E-state index in [9.17, 15) is 4.79 Å². The maximum absolute atomic E-state index is 12.5. The average Bonchev–Trinajstić information content (AvgIpc) is 3.07. The molecule has 0 aliphatic heterocycles. The zero-order valence-electron chi connectivity index (χ0n) is 13.5. The Kier molecular flexibility index (Phi) is 4.74. The predicted octanol–water partition coefficient (Wildman–Crippen LogP) is 6.10. The van der Waals surface area contributed by atoms with Crippen LogP contribution in [0.3, 0.4) is 0 Å². The van der Waals surface area contributed by atoms with Gasteiger partial charge in [-0.3, -0.25) is 4.79 Å². The van der Waals surface area contributed by atoms with E-state index in [-0.39, 0.29) is 10.6 Å². The molecule has 1 N–H and O–H groups in total. The Labute approximate surface area is 168 Å². The Morgan fingerprint density at radius 3 is 2.63 bits per heavy atom. The van der Waals surface area contributed by atoms with Crippen LogP contribution in [0.1, 0.15) is 10.4 Å². The number of benzene rings is 2. The van der Waals surface area contributed by atoms with Crippen molar-refractivity contribution in [2.24, 2.45) is 0 Å². The Morgan fingerprint density at radius 1 is 1.00 bits per heavy atom. The van der Waals surface area contributed by atoms with Crippen LogP contribution in [0.25, 0.3) is 22.7 Å². The van der Waals surface area contributed by atoms with Crippen molar-refractivity contribution in [3.05, 3.63) is 75.4 Å². The van der Waals surface area contributed by atoms with Gasteiger partial charge in [0, 0.05) is 16.8 Å². The summed E-state index contributed by atoms with van der Waals surface area (Å²) in [5.41, 5.74) is 2.41. The predicted molar refractivity (Wildman–Crippen MR) is 107 cm³/mol. The first-order valence-corrected chi connectivity index (χ1v) is 8.92. The van der Waals surface area contributed by atoms with Gasteiger partial charge in [0.2, 0.25) is 5.89 Å². The molecular formula is C19H10Cl3N3O2. The highest BCUT2D eigenvalue weighted by atomic mass is 35.5. The molecule has 0 radical (unpaired) electrons. The van der Waals surface area contributed by atoms with Crippen LogP contribution in [0.4, 0.5) is 5.69 Å². The number of hydrogen-bond acceptors (Lipinski definition) is 4. The Morgan fingerprint density at radius 2 is 1.85 bits per heavy atom. The van der Waals surface area contributed by atoms with Gasteiger partial charge < -0.3 is 9.73 Å². The number of rotatable bonds is 3. The molecule has 5 nitrogen and oxygen atoms in total. The number of oxazole rings is 1. The molecule has 2 aromatic carbocycles. The SMILES string of the molecule is O=C(Nc1cc(-c2nc3ncccc3o2)ccc1Cl)c1ccc(Cl)cc1Cl. The van der Waals surface area contributed by atoms with E-state index in [1.807, 2.05) is 0 Å². The minimum atomic E-state index is -0.407. The summed E-state index contributed by atoms with van der Waals surface area (Å²) in [5.74, 6) is -0.0321. The molecule has 0 atom stereocenters. The van der Waals surface area contributed by atoms with Crippen LogP contribution in [0.2, 0.25) is 15.1 Å². The lowest BCUT2D eigenvalue weighted by Gasteiger charge is -2.09. The fourth-order valence-electron chi connectivity index (χ4n) is 2.51. The Hall–Kier alpha value is -2.60. The van der Waals surface area contributed by atoms with E-state index in [1.54, 1.807) is 48.7 Å². The van der Waals surface area contributed by atoms with Gasteiger partial charge in [0.1, 0.15) is 0 Å². The van der Waals surface area contributed by atoms with E-state index in [1.165, 1.54) is 6.07 Å². The van der Waals surface area contributed by atoms with Crippen molar-refractivity contribution in [3.8, 4) is 11.5 Å². The van der Waals surface area contributed by atoms with Gasteiger partial charge in [-0.15, -0.1) is 0 Å². The van der Waals surface area contributed by atoms with Crippen LogP contribution in [0.15, 0.2) is 59.1 Å². The fraction of sp³-hybridized carbons (Fsp3) is 0. The fourth-order valence-corrected chi connectivity index (χ4v) is 3.17. The Balaban J connectivity index is 1.67. The lowest BCUT2D eigenvalue weighted by Crippen LogP contribution is -2.12. The van der Waals surface area contributed by atoms with Crippen molar-refractivity contribution >= 4 is 57.6 Å². The quantitative estimate of drug-likeness (QED) is 0.436. The molecule has 4 aromatic rings. The smallest absolute Gasteiger partial charge is 0.257 e. The zero-order chi connectivity index (χ0) is 19.0. The second-order valence-electron chi connectivity index (χ2n) is 5.62. The lowest BCUT2D eigenvalue weighted by atomic mass is 10.1. The largest absolute Gasteiger partial charge is 0.434 e. The summed E-state index contributed by atoms with van der Waals surface area (Å²) in [6.07, 6.45) is 1.64. The van der Waals surface area contributed by atoms with Crippen molar-refractivity contribution in [2.45, 2.75) is 0 Å². The molecule has 2 heterocycles. The number of hydrogen-bond donors (Lipinski definition) is 1. The third-order valence-electron chi connectivity index (χ3n) is 3.80. The highest BCUT2D eigenvalue weighted by Gasteiger charge is 2.15. The van der Waals surface area contributed by atoms with E-state index in [0.29, 0.717) is 38.4 Å². The molecule has 0 saturated carbocycles. The number of fused-ring (bicyclic) bond motifs is 1. The maximum atomic E-state index is 12.5. The molecule has 0 fully saturated rings. The first-order chi connectivity index (χ1) is 13.0. The van der Waals surface area contributed by atoms with Crippen LogP contribution in [-0.2, 0) is 0 Å². The highest BCUT2D eigenvalue weighted by Crippen LogP contribution is 2.31. The topological polar surface area (TPSA) is 68.0 Å². The number of nitrogens with one attached hydrogen (secondary N) is 1. The van der Waals surface area contributed by atoms with Crippen molar-refractivity contribution in [3.63, 3.8) is 0 Å².